The van der Waals surface area contributed by atoms with Crippen LogP contribution in [0, 0.1) is 10.1 Å². The fourth-order valence-corrected chi connectivity index (χ4v) is 1.52. The summed E-state index contributed by atoms with van der Waals surface area (Å²) in [6, 6.07) is 8.75. The summed E-state index contributed by atoms with van der Waals surface area (Å²) in [5, 5.41) is 11.6. The Morgan fingerprint density at radius 1 is 1.33 bits per heavy atom. The van der Waals surface area contributed by atoms with E-state index < -0.39 is 4.92 Å². The summed E-state index contributed by atoms with van der Waals surface area (Å²) < 4.78 is 0. The number of non-ortho nitro benzene ring substituents is 1. The van der Waals surface area contributed by atoms with Gasteiger partial charge in [-0.15, -0.1) is 0 Å². The second-order valence-corrected chi connectivity index (χ2v) is 3.26. The number of para-hydroxylation sites is 1. The van der Waals surface area contributed by atoms with Gasteiger partial charge in [-0.2, -0.15) is 0 Å². The summed E-state index contributed by atoms with van der Waals surface area (Å²) in [4.78, 5) is 14.7. The average Bonchev–Trinajstić information content (AvgIpc) is 2.27. The number of nitro benzene ring substituents is 1. The fraction of sp³-hybridized carbons (Fsp3) is 0.182. The zero-order valence-electron chi connectivity index (χ0n) is 8.30. The van der Waals surface area contributed by atoms with E-state index >= 15 is 0 Å². The molecule has 0 saturated carbocycles. The molecule has 1 aromatic carbocycles. The molecular formula is C11H10N2O2. The molecule has 0 aliphatic carbocycles. The van der Waals surface area contributed by atoms with E-state index in [2.05, 4.69) is 4.98 Å². The second kappa shape index (κ2) is 3.65. The van der Waals surface area contributed by atoms with Gasteiger partial charge in [0.1, 0.15) is 5.52 Å². The Balaban J connectivity index is 2.76. The van der Waals surface area contributed by atoms with Gasteiger partial charge < -0.3 is 0 Å². The Morgan fingerprint density at radius 3 is 2.80 bits per heavy atom. The summed E-state index contributed by atoms with van der Waals surface area (Å²) in [6.45, 7) is 1.98. The van der Waals surface area contributed by atoms with Crippen LogP contribution in [0.3, 0.4) is 0 Å². The highest BCUT2D eigenvalue weighted by atomic mass is 16.6. The molecule has 0 amide bonds. The molecule has 0 fully saturated rings. The third kappa shape index (κ3) is 1.66. The summed E-state index contributed by atoms with van der Waals surface area (Å²) >= 11 is 0. The number of nitrogens with zero attached hydrogens (tertiary/aromatic N) is 2. The minimum atomic E-state index is -0.394. The molecule has 0 bridgehead atoms. The molecule has 1 aromatic heterocycles. The third-order valence-electron chi connectivity index (χ3n) is 2.32. The molecule has 2 aromatic rings. The van der Waals surface area contributed by atoms with Crippen LogP contribution in [0.5, 0.6) is 0 Å². The van der Waals surface area contributed by atoms with Gasteiger partial charge in [0.05, 0.1) is 4.92 Å². The van der Waals surface area contributed by atoms with Crippen molar-refractivity contribution in [1.82, 2.24) is 4.98 Å². The Hall–Kier alpha value is -1.97. The highest BCUT2D eigenvalue weighted by molar-refractivity contribution is 5.87. The van der Waals surface area contributed by atoms with Crippen molar-refractivity contribution in [2.75, 3.05) is 0 Å². The first-order valence-corrected chi connectivity index (χ1v) is 4.75. The molecule has 0 saturated heterocycles. The maximum atomic E-state index is 10.8. The summed E-state index contributed by atoms with van der Waals surface area (Å²) in [5.74, 6) is 0. The number of nitro groups is 1. The number of rotatable bonds is 2. The quantitative estimate of drug-likeness (QED) is 0.555. The first kappa shape index (κ1) is 9.58. The molecule has 0 aliphatic rings. The lowest BCUT2D eigenvalue weighted by Crippen LogP contribution is -1.93. The van der Waals surface area contributed by atoms with Crippen molar-refractivity contribution in [3.8, 4) is 0 Å². The SMILES string of the molecule is CCc1ccc2cccc([N+](=O)[O-])c2n1. The van der Waals surface area contributed by atoms with E-state index in [4.69, 9.17) is 0 Å². The van der Waals surface area contributed by atoms with E-state index in [-0.39, 0.29) is 5.69 Å². The van der Waals surface area contributed by atoms with Crippen LogP contribution in [0.4, 0.5) is 5.69 Å². The van der Waals surface area contributed by atoms with Crippen LogP contribution in [0.25, 0.3) is 10.9 Å². The van der Waals surface area contributed by atoms with E-state index in [0.29, 0.717) is 5.52 Å². The smallest absolute Gasteiger partial charge is 0.258 e. The lowest BCUT2D eigenvalue weighted by atomic mass is 10.1. The molecule has 0 N–H and O–H groups in total. The first-order chi connectivity index (χ1) is 7.22. The van der Waals surface area contributed by atoms with Crippen molar-refractivity contribution in [2.45, 2.75) is 13.3 Å². The standard InChI is InChI=1S/C11H10N2O2/c1-2-9-7-6-8-4-3-5-10(13(14)15)11(8)12-9/h3-7H,2H2,1H3. The molecular weight excluding hydrogens is 192 g/mol. The molecule has 2 rings (SSSR count). The van der Waals surface area contributed by atoms with Crippen molar-refractivity contribution in [3.05, 3.63) is 46.1 Å². The molecule has 0 unspecified atom stereocenters. The van der Waals surface area contributed by atoms with Gasteiger partial charge in [-0.25, -0.2) is 4.98 Å². The van der Waals surface area contributed by atoms with Gasteiger partial charge in [-0.05, 0) is 12.5 Å². The highest BCUT2D eigenvalue weighted by Gasteiger charge is 2.12. The lowest BCUT2D eigenvalue weighted by molar-refractivity contribution is -0.383. The Morgan fingerprint density at radius 2 is 2.13 bits per heavy atom. The number of hydrogen-bond acceptors (Lipinski definition) is 3. The molecule has 4 nitrogen and oxygen atoms in total. The predicted molar refractivity (Wildman–Crippen MR) is 57.8 cm³/mol. The minimum absolute atomic E-state index is 0.0720. The average molecular weight is 202 g/mol. The van der Waals surface area contributed by atoms with Gasteiger partial charge >= 0.3 is 0 Å². The molecule has 0 radical (unpaired) electrons. The van der Waals surface area contributed by atoms with Gasteiger partial charge in [0.15, 0.2) is 0 Å². The predicted octanol–water partition coefficient (Wildman–Crippen LogP) is 2.71. The third-order valence-corrected chi connectivity index (χ3v) is 2.32. The molecule has 0 spiro atoms. The second-order valence-electron chi connectivity index (χ2n) is 3.26. The molecule has 15 heavy (non-hydrogen) atoms. The normalized spacial score (nSPS) is 10.5. The molecule has 76 valence electrons. The zero-order valence-corrected chi connectivity index (χ0v) is 8.30. The van der Waals surface area contributed by atoms with E-state index in [1.165, 1.54) is 6.07 Å². The Bertz CT molecular complexity index is 523. The van der Waals surface area contributed by atoms with Crippen LogP contribution in [0.15, 0.2) is 30.3 Å². The van der Waals surface area contributed by atoms with Crippen molar-refractivity contribution in [3.63, 3.8) is 0 Å². The summed E-state index contributed by atoms with van der Waals surface area (Å²) in [6.07, 6.45) is 0.780. The first-order valence-electron chi connectivity index (χ1n) is 4.75. The van der Waals surface area contributed by atoms with Gasteiger partial charge in [-0.1, -0.05) is 25.1 Å². The lowest BCUT2D eigenvalue weighted by Gasteiger charge is -2.00. The van der Waals surface area contributed by atoms with Crippen molar-refractivity contribution >= 4 is 16.6 Å². The number of fused-ring (bicyclic) bond motifs is 1. The minimum Gasteiger partial charge on any atom is -0.258 e. The largest absolute Gasteiger partial charge is 0.295 e. The number of aromatic nitrogens is 1. The number of aryl methyl sites for hydroxylation is 1. The van der Waals surface area contributed by atoms with E-state index in [0.717, 1.165) is 17.5 Å². The number of benzene rings is 1. The van der Waals surface area contributed by atoms with Gasteiger partial charge in [-0.3, -0.25) is 10.1 Å². The summed E-state index contributed by atoms with van der Waals surface area (Å²) in [7, 11) is 0. The molecule has 0 aliphatic heterocycles. The van der Waals surface area contributed by atoms with Crippen molar-refractivity contribution < 1.29 is 4.92 Å². The van der Waals surface area contributed by atoms with Crippen LogP contribution >= 0.6 is 0 Å². The molecule has 4 heteroatoms. The van der Waals surface area contributed by atoms with Gasteiger partial charge in [0.2, 0.25) is 0 Å². The van der Waals surface area contributed by atoms with E-state index in [1.807, 2.05) is 25.1 Å². The highest BCUT2D eigenvalue weighted by Crippen LogP contribution is 2.23. The molecule has 1 heterocycles. The van der Waals surface area contributed by atoms with Gasteiger partial charge in [0, 0.05) is 17.1 Å². The van der Waals surface area contributed by atoms with E-state index in [9.17, 15) is 10.1 Å². The van der Waals surface area contributed by atoms with Crippen molar-refractivity contribution in [1.29, 1.82) is 0 Å². The number of pyridine rings is 1. The number of hydrogen-bond donors (Lipinski definition) is 0. The topological polar surface area (TPSA) is 56.0 Å². The van der Waals surface area contributed by atoms with E-state index in [1.54, 1.807) is 6.07 Å². The maximum Gasteiger partial charge on any atom is 0.295 e. The van der Waals surface area contributed by atoms with Crippen LogP contribution in [-0.2, 0) is 6.42 Å². The van der Waals surface area contributed by atoms with Crippen LogP contribution in [0.2, 0.25) is 0 Å². The molecule has 0 atom stereocenters. The Labute approximate surface area is 86.7 Å². The van der Waals surface area contributed by atoms with Crippen molar-refractivity contribution in [2.24, 2.45) is 0 Å². The monoisotopic (exact) mass is 202 g/mol. The maximum absolute atomic E-state index is 10.8. The van der Waals surface area contributed by atoms with Crippen LogP contribution in [0.1, 0.15) is 12.6 Å². The van der Waals surface area contributed by atoms with Gasteiger partial charge in [0.25, 0.3) is 5.69 Å². The van der Waals surface area contributed by atoms with Crippen LogP contribution in [-0.4, -0.2) is 9.91 Å². The van der Waals surface area contributed by atoms with Crippen LogP contribution < -0.4 is 0 Å². The fourth-order valence-electron chi connectivity index (χ4n) is 1.52. The zero-order chi connectivity index (χ0) is 10.8. The summed E-state index contributed by atoms with van der Waals surface area (Å²) in [5.41, 5.74) is 1.42. The Kier molecular flexibility index (Phi) is 2.33.